The van der Waals surface area contributed by atoms with Crippen LogP contribution >= 0.6 is 11.6 Å². The maximum absolute atomic E-state index is 13.6. The van der Waals surface area contributed by atoms with Crippen LogP contribution in [0.2, 0.25) is 5.02 Å². The molecule has 0 spiro atoms. The third-order valence-corrected chi connectivity index (χ3v) is 7.90. The average Bonchev–Trinajstić information content (AvgIpc) is 2.88. The molecule has 1 amide bonds. The summed E-state index contributed by atoms with van der Waals surface area (Å²) < 4.78 is 28.4. The van der Waals surface area contributed by atoms with Gasteiger partial charge in [0.05, 0.1) is 16.6 Å². The molecule has 0 saturated heterocycles. The zero-order chi connectivity index (χ0) is 25.7. The van der Waals surface area contributed by atoms with Crippen LogP contribution in [0, 0.1) is 13.8 Å². The summed E-state index contributed by atoms with van der Waals surface area (Å²) in [6.07, 6.45) is 0. The van der Waals surface area contributed by atoms with Gasteiger partial charge in [0.15, 0.2) is 0 Å². The van der Waals surface area contributed by atoms with E-state index in [4.69, 9.17) is 11.6 Å². The van der Waals surface area contributed by atoms with Gasteiger partial charge in [0.1, 0.15) is 6.54 Å². The van der Waals surface area contributed by atoms with Crippen LogP contribution in [0.1, 0.15) is 28.3 Å². The summed E-state index contributed by atoms with van der Waals surface area (Å²) in [5.74, 6) is -0.435. The van der Waals surface area contributed by atoms with Crippen LogP contribution in [-0.4, -0.2) is 20.9 Å². The minimum absolute atomic E-state index is 0.106. The van der Waals surface area contributed by atoms with Gasteiger partial charge in [0.25, 0.3) is 10.0 Å². The van der Waals surface area contributed by atoms with Crippen molar-refractivity contribution in [3.63, 3.8) is 0 Å². The lowest BCUT2D eigenvalue weighted by atomic mass is 9.98. The van der Waals surface area contributed by atoms with Crippen molar-refractivity contribution in [2.45, 2.75) is 24.8 Å². The molecule has 4 aromatic rings. The maximum Gasteiger partial charge on any atom is 0.264 e. The third kappa shape index (κ3) is 5.96. The first-order valence-electron chi connectivity index (χ1n) is 11.5. The van der Waals surface area contributed by atoms with E-state index in [2.05, 4.69) is 5.32 Å². The minimum Gasteiger partial charge on any atom is -0.344 e. The van der Waals surface area contributed by atoms with Gasteiger partial charge in [-0.2, -0.15) is 0 Å². The lowest BCUT2D eigenvalue weighted by molar-refractivity contribution is -0.120. The van der Waals surface area contributed by atoms with E-state index in [0.29, 0.717) is 10.7 Å². The van der Waals surface area contributed by atoms with Crippen molar-refractivity contribution >= 4 is 33.2 Å². The Kier molecular flexibility index (Phi) is 7.77. The molecule has 0 heterocycles. The van der Waals surface area contributed by atoms with Gasteiger partial charge < -0.3 is 5.32 Å². The smallest absolute Gasteiger partial charge is 0.264 e. The Balaban J connectivity index is 1.68. The van der Waals surface area contributed by atoms with Crippen molar-refractivity contribution in [2.24, 2.45) is 0 Å². The number of halogens is 1. The van der Waals surface area contributed by atoms with Gasteiger partial charge in [-0.3, -0.25) is 9.10 Å². The molecule has 0 radical (unpaired) electrons. The first-order chi connectivity index (χ1) is 17.2. The van der Waals surface area contributed by atoms with Crippen LogP contribution in [0.4, 0.5) is 5.69 Å². The summed E-state index contributed by atoms with van der Waals surface area (Å²) in [7, 11) is -4.02. The lowest BCUT2D eigenvalue weighted by Crippen LogP contribution is -2.42. The number of amides is 1. The second-order valence-electron chi connectivity index (χ2n) is 8.62. The number of carbonyl (C=O) groups is 1. The van der Waals surface area contributed by atoms with Gasteiger partial charge in [-0.25, -0.2) is 8.42 Å². The topological polar surface area (TPSA) is 66.5 Å². The quantitative estimate of drug-likeness (QED) is 0.308. The molecule has 7 heteroatoms. The molecular weight excluding hydrogens is 492 g/mol. The highest BCUT2D eigenvalue weighted by molar-refractivity contribution is 7.92. The fourth-order valence-electron chi connectivity index (χ4n) is 3.86. The summed E-state index contributed by atoms with van der Waals surface area (Å²) in [5.41, 5.74) is 4.19. The number of sulfonamides is 1. The van der Waals surface area contributed by atoms with Gasteiger partial charge in [-0.1, -0.05) is 89.5 Å². The van der Waals surface area contributed by atoms with E-state index < -0.39 is 28.5 Å². The molecule has 0 aliphatic rings. The number of nitrogens with zero attached hydrogens (tertiary/aromatic N) is 1. The fraction of sp³-hybridized carbons (Fsp3) is 0.138. The summed E-state index contributed by atoms with van der Waals surface area (Å²) in [6.45, 7) is 3.49. The van der Waals surface area contributed by atoms with Crippen molar-refractivity contribution in [2.75, 3.05) is 10.8 Å². The number of rotatable bonds is 8. The average molecular weight is 519 g/mol. The highest BCUT2D eigenvalue weighted by atomic mass is 35.5. The normalized spacial score (nSPS) is 12.1. The zero-order valence-corrected chi connectivity index (χ0v) is 21.6. The Bertz CT molecular complexity index is 1420. The molecule has 0 aliphatic carbocycles. The van der Waals surface area contributed by atoms with Gasteiger partial charge in [0.2, 0.25) is 5.91 Å². The van der Waals surface area contributed by atoms with Crippen molar-refractivity contribution in [3.05, 3.63) is 130 Å². The Hall–Kier alpha value is -3.61. The van der Waals surface area contributed by atoms with Gasteiger partial charge in [-0.15, -0.1) is 0 Å². The summed E-state index contributed by atoms with van der Waals surface area (Å²) in [4.78, 5) is 13.5. The standard InChI is InChI=1S/C29H27ClN2O3S/c1-21-8-12-24(13-9-21)29(23-6-4-3-5-7-23)31-28(33)20-32(26-16-14-25(30)15-17-26)36(34,35)27-18-10-22(2)11-19-27/h3-19,29H,20H2,1-2H3,(H,31,33)/t29-/m1/s1. The predicted molar refractivity (Wildman–Crippen MR) is 145 cm³/mol. The Labute approximate surface area is 217 Å². The summed E-state index contributed by atoms with van der Waals surface area (Å²) in [6, 6.07) is 30.0. The van der Waals surface area contributed by atoms with Crippen LogP contribution in [0.15, 0.2) is 108 Å². The van der Waals surface area contributed by atoms with Crippen LogP contribution in [0.5, 0.6) is 0 Å². The molecule has 4 rings (SSSR count). The second kappa shape index (κ2) is 11.0. The van der Waals surface area contributed by atoms with Crippen LogP contribution in [0.3, 0.4) is 0 Å². The molecule has 0 saturated carbocycles. The molecule has 0 bridgehead atoms. The van der Waals surface area contributed by atoms with E-state index in [1.807, 2.05) is 68.4 Å². The largest absolute Gasteiger partial charge is 0.344 e. The molecule has 184 valence electrons. The van der Waals surface area contributed by atoms with Crippen LogP contribution in [0.25, 0.3) is 0 Å². The van der Waals surface area contributed by atoms with E-state index in [9.17, 15) is 13.2 Å². The van der Waals surface area contributed by atoms with E-state index in [1.165, 1.54) is 0 Å². The minimum atomic E-state index is -4.02. The van der Waals surface area contributed by atoms with Crippen LogP contribution < -0.4 is 9.62 Å². The molecule has 0 aromatic heterocycles. The van der Waals surface area contributed by atoms with Gasteiger partial charge >= 0.3 is 0 Å². The SMILES string of the molecule is Cc1ccc([C@H](NC(=O)CN(c2ccc(Cl)cc2)S(=O)(=O)c2ccc(C)cc2)c2ccccc2)cc1. The highest BCUT2D eigenvalue weighted by Crippen LogP contribution is 2.27. The molecule has 36 heavy (non-hydrogen) atoms. The lowest BCUT2D eigenvalue weighted by Gasteiger charge is -2.26. The van der Waals surface area contributed by atoms with Gasteiger partial charge in [0, 0.05) is 5.02 Å². The van der Waals surface area contributed by atoms with E-state index in [1.54, 1.807) is 48.5 Å². The zero-order valence-electron chi connectivity index (χ0n) is 20.1. The van der Waals surface area contributed by atoms with Crippen molar-refractivity contribution in [3.8, 4) is 0 Å². The second-order valence-corrected chi connectivity index (χ2v) is 10.9. The van der Waals surface area contributed by atoms with Gasteiger partial charge in [-0.05, 0) is 61.4 Å². The number of hydrogen-bond acceptors (Lipinski definition) is 3. The highest BCUT2D eigenvalue weighted by Gasteiger charge is 2.28. The molecule has 0 unspecified atom stereocenters. The molecule has 0 aliphatic heterocycles. The van der Waals surface area contributed by atoms with Crippen molar-refractivity contribution in [1.82, 2.24) is 5.32 Å². The number of carbonyl (C=O) groups excluding carboxylic acids is 1. The molecule has 0 fully saturated rings. The molecule has 4 aromatic carbocycles. The molecule has 1 atom stereocenters. The first-order valence-corrected chi connectivity index (χ1v) is 13.3. The molecule has 5 nitrogen and oxygen atoms in total. The number of anilines is 1. The summed E-state index contributed by atoms with van der Waals surface area (Å²) >= 11 is 6.04. The first kappa shape index (κ1) is 25.5. The van der Waals surface area contributed by atoms with Crippen molar-refractivity contribution in [1.29, 1.82) is 0 Å². The van der Waals surface area contributed by atoms with Crippen LogP contribution in [-0.2, 0) is 14.8 Å². The summed E-state index contributed by atoms with van der Waals surface area (Å²) in [5, 5.41) is 3.51. The van der Waals surface area contributed by atoms with Crippen molar-refractivity contribution < 1.29 is 13.2 Å². The van der Waals surface area contributed by atoms with E-state index in [-0.39, 0.29) is 4.90 Å². The Morgan fingerprint density at radius 1 is 0.778 bits per heavy atom. The maximum atomic E-state index is 13.6. The monoisotopic (exact) mass is 518 g/mol. The Morgan fingerprint density at radius 3 is 1.89 bits per heavy atom. The molecule has 1 N–H and O–H groups in total. The Morgan fingerprint density at radius 2 is 1.31 bits per heavy atom. The fourth-order valence-corrected chi connectivity index (χ4v) is 5.41. The van der Waals surface area contributed by atoms with E-state index in [0.717, 1.165) is 26.6 Å². The van der Waals surface area contributed by atoms with E-state index >= 15 is 0 Å². The number of benzene rings is 4. The number of aryl methyl sites for hydroxylation is 2. The molecular formula is C29H27ClN2O3S. The number of hydrogen-bond donors (Lipinski definition) is 1. The predicted octanol–water partition coefficient (Wildman–Crippen LogP) is 6.06. The third-order valence-electron chi connectivity index (χ3n) is 5.86. The number of nitrogens with one attached hydrogen (secondary N) is 1.